The first kappa shape index (κ1) is 11.4. The van der Waals surface area contributed by atoms with Gasteiger partial charge in [0.25, 0.3) is 0 Å². The van der Waals surface area contributed by atoms with Gasteiger partial charge in [-0.25, -0.2) is 8.42 Å². The second-order valence-corrected chi connectivity index (χ2v) is 6.19. The molecule has 1 N–H and O–H groups in total. The molecule has 1 unspecified atom stereocenters. The van der Waals surface area contributed by atoms with Crippen molar-refractivity contribution >= 4 is 10.0 Å². The maximum absolute atomic E-state index is 12.0. The van der Waals surface area contributed by atoms with Crippen LogP contribution in [0.5, 0.6) is 0 Å². The zero-order chi connectivity index (χ0) is 12.8. The summed E-state index contributed by atoms with van der Waals surface area (Å²) in [4.78, 5) is 0.386. The fourth-order valence-electron chi connectivity index (χ4n) is 2.34. The number of hydrogen-bond acceptors (Lipinski definition) is 2. The maximum Gasteiger partial charge on any atom is 0.241 e. The van der Waals surface area contributed by atoms with Crippen molar-refractivity contribution in [2.24, 2.45) is 0 Å². The Balaban J connectivity index is 2.18. The standard InChI is InChI=1S/C14H13NO2S/c1-10-5-4-6-11(9-10)14-12-7-2-3-8-13(12)18(16,17)15-14/h2-9,14-15H,1H3. The predicted octanol–water partition coefficient (Wildman–Crippen LogP) is 2.38. The molecule has 1 aliphatic rings. The Hall–Kier alpha value is -1.65. The first-order chi connectivity index (χ1) is 8.58. The highest BCUT2D eigenvalue weighted by Crippen LogP contribution is 2.34. The van der Waals surface area contributed by atoms with Crippen LogP contribution in [0.25, 0.3) is 0 Å². The number of rotatable bonds is 1. The lowest BCUT2D eigenvalue weighted by atomic mass is 9.98. The molecule has 0 amide bonds. The van der Waals surface area contributed by atoms with E-state index in [1.165, 1.54) is 0 Å². The van der Waals surface area contributed by atoms with Gasteiger partial charge in [-0.3, -0.25) is 0 Å². The third-order valence-electron chi connectivity index (χ3n) is 3.17. The Labute approximate surface area is 107 Å². The molecule has 0 spiro atoms. The molecule has 0 radical (unpaired) electrons. The molecule has 92 valence electrons. The Bertz CT molecular complexity index is 707. The molecule has 1 aliphatic heterocycles. The summed E-state index contributed by atoms with van der Waals surface area (Å²) >= 11 is 0. The lowest BCUT2D eigenvalue weighted by molar-refractivity contribution is 0.585. The van der Waals surface area contributed by atoms with Crippen LogP contribution in [-0.2, 0) is 10.0 Å². The summed E-state index contributed by atoms with van der Waals surface area (Å²) in [5.41, 5.74) is 2.92. The Kier molecular flexibility index (Phi) is 2.50. The van der Waals surface area contributed by atoms with Crippen molar-refractivity contribution in [3.63, 3.8) is 0 Å². The summed E-state index contributed by atoms with van der Waals surface area (Å²) in [6, 6.07) is 14.7. The topological polar surface area (TPSA) is 46.2 Å². The molecule has 2 aromatic carbocycles. The third-order valence-corrected chi connectivity index (χ3v) is 4.66. The van der Waals surface area contributed by atoms with E-state index in [1.54, 1.807) is 12.1 Å². The van der Waals surface area contributed by atoms with Crippen LogP contribution in [0, 0.1) is 6.92 Å². The van der Waals surface area contributed by atoms with E-state index in [9.17, 15) is 8.42 Å². The molecule has 0 saturated carbocycles. The van der Waals surface area contributed by atoms with Crippen molar-refractivity contribution in [2.45, 2.75) is 17.9 Å². The molecule has 18 heavy (non-hydrogen) atoms. The van der Waals surface area contributed by atoms with Crippen molar-refractivity contribution in [3.8, 4) is 0 Å². The molecular weight excluding hydrogens is 246 g/mol. The van der Waals surface area contributed by atoms with E-state index >= 15 is 0 Å². The molecule has 0 aromatic heterocycles. The van der Waals surface area contributed by atoms with E-state index in [0.29, 0.717) is 4.90 Å². The van der Waals surface area contributed by atoms with Crippen LogP contribution >= 0.6 is 0 Å². The molecular formula is C14H13NO2S. The van der Waals surface area contributed by atoms with Crippen molar-refractivity contribution in [3.05, 3.63) is 65.2 Å². The Morgan fingerprint density at radius 2 is 1.83 bits per heavy atom. The third kappa shape index (κ3) is 1.74. The predicted molar refractivity (Wildman–Crippen MR) is 69.8 cm³/mol. The summed E-state index contributed by atoms with van der Waals surface area (Å²) in [5, 5.41) is 0. The van der Waals surface area contributed by atoms with Crippen molar-refractivity contribution < 1.29 is 8.42 Å². The van der Waals surface area contributed by atoms with Gasteiger partial charge in [-0.2, -0.15) is 4.72 Å². The normalized spacial score (nSPS) is 20.6. The van der Waals surface area contributed by atoms with Gasteiger partial charge in [0.1, 0.15) is 0 Å². The number of hydrogen-bond donors (Lipinski definition) is 1. The molecule has 0 saturated heterocycles. The molecule has 0 fully saturated rings. The highest BCUT2D eigenvalue weighted by atomic mass is 32.2. The van der Waals surface area contributed by atoms with Gasteiger partial charge in [0.2, 0.25) is 10.0 Å². The van der Waals surface area contributed by atoms with E-state index in [-0.39, 0.29) is 6.04 Å². The SMILES string of the molecule is Cc1cccc(C2NS(=O)(=O)c3ccccc32)c1. The summed E-state index contributed by atoms with van der Waals surface area (Å²) in [6.07, 6.45) is 0. The molecule has 0 aliphatic carbocycles. The number of fused-ring (bicyclic) bond motifs is 1. The van der Waals surface area contributed by atoms with Gasteiger partial charge in [0.05, 0.1) is 10.9 Å². The second-order valence-electron chi connectivity index (χ2n) is 4.51. The zero-order valence-corrected chi connectivity index (χ0v) is 10.7. The van der Waals surface area contributed by atoms with E-state index < -0.39 is 10.0 Å². The Morgan fingerprint density at radius 3 is 2.61 bits per heavy atom. The van der Waals surface area contributed by atoms with Gasteiger partial charge in [-0.1, -0.05) is 48.0 Å². The minimum Gasteiger partial charge on any atom is -0.207 e. The molecule has 4 heteroatoms. The van der Waals surface area contributed by atoms with Crippen LogP contribution < -0.4 is 4.72 Å². The second kappa shape index (κ2) is 3.93. The van der Waals surface area contributed by atoms with Crippen molar-refractivity contribution in [1.82, 2.24) is 4.72 Å². The van der Waals surface area contributed by atoms with Gasteiger partial charge >= 0.3 is 0 Å². The van der Waals surface area contributed by atoms with E-state index in [0.717, 1.165) is 16.7 Å². The van der Waals surface area contributed by atoms with Crippen LogP contribution in [0.2, 0.25) is 0 Å². The van der Waals surface area contributed by atoms with Crippen LogP contribution in [0.1, 0.15) is 22.7 Å². The average Bonchev–Trinajstić information content (AvgIpc) is 2.63. The molecule has 1 heterocycles. The fourth-order valence-corrected chi connectivity index (χ4v) is 3.80. The maximum atomic E-state index is 12.0. The summed E-state index contributed by atoms with van der Waals surface area (Å²) < 4.78 is 26.7. The molecule has 3 rings (SSSR count). The number of nitrogens with one attached hydrogen (secondary N) is 1. The highest BCUT2D eigenvalue weighted by Gasteiger charge is 2.34. The van der Waals surface area contributed by atoms with Crippen LogP contribution in [0.4, 0.5) is 0 Å². The number of benzene rings is 2. The van der Waals surface area contributed by atoms with Gasteiger partial charge in [-0.15, -0.1) is 0 Å². The highest BCUT2D eigenvalue weighted by molar-refractivity contribution is 7.89. The zero-order valence-electron chi connectivity index (χ0n) is 9.92. The van der Waals surface area contributed by atoms with E-state index in [2.05, 4.69) is 4.72 Å². The number of sulfonamides is 1. The van der Waals surface area contributed by atoms with Gasteiger partial charge in [0, 0.05) is 0 Å². The number of aryl methyl sites for hydroxylation is 1. The molecule has 3 nitrogen and oxygen atoms in total. The van der Waals surface area contributed by atoms with Crippen LogP contribution in [-0.4, -0.2) is 8.42 Å². The first-order valence-corrected chi connectivity index (χ1v) is 7.24. The Morgan fingerprint density at radius 1 is 1.06 bits per heavy atom. The summed E-state index contributed by atoms with van der Waals surface area (Å²) in [7, 11) is -3.37. The minimum absolute atomic E-state index is 0.272. The molecule has 1 atom stereocenters. The monoisotopic (exact) mass is 259 g/mol. The van der Waals surface area contributed by atoms with Crippen LogP contribution in [0.3, 0.4) is 0 Å². The minimum atomic E-state index is -3.37. The summed E-state index contributed by atoms with van der Waals surface area (Å²) in [6.45, 7) is 2.00. The van der Waals surface area contributed by atoms with Crippen molar-refractivity contribution in [2.75, 3.05) is 0 Å². The van der Waals surface area contributed by atoms with Gasteiger partial charge in [-0.05, 0) is 24.1 Å². The summed E-state index contributed by atoms with van der Waals surface area (Å²) in [5.74, 6) is 0. The van der Waals surface area contributed by atoms with Gasteiger partial charge in [0.15, 0.2) is 0 Å². The lowest BCUT2D eigenvalue weighted by Crippen LogP contribution is -2.20. The lowest BCUT2D eigenvalue weighted by Gasteiger charge is -2.11. The van der Waals surface area contributed by atoms with E-state index in [4.69, 9.17) is 0 Å². The molecule has 0 bridgehead atoms. The fraction of sp³-hybridized carbons (Fsp3) is 0.143. The first-order valence-electron chi connectivity index (χ1n) is 5.76. The van der Waals surface area contributed by atoms with Crippen LogP contribution in [0.15, 0.2) is 53.4 Å². The molecule has 2 aromatic rings. The quantitative estimate of drug-likeness (QED) is 0.854. The smallest absolute Gasteiger partial charge is 0.207 e. The van der Waals surface area contributed by atoms with E-state index in [1.807, 2.05) is 43.3 Å². The van der Waals surface area contributed by atoms with Gasteiger partial charge < -0.3 is 0 Å². The van der Waals surface area contributed by atoms with Crippen molar-refractivity contribution in [1.29, 1.82) is 0 Å². The average molecular weight is 259 g/mol. The largest absolute Gasteiger partial charge is 0.241 e.